The normalized spacial score (nSPS) is 21.1. The van der Waals surface area contributed by atoms with Crippen molar-refractivity contribution >= 4 is 0 Å². The first kappa shape index (κ1) is 15.5. The minimum atomic E-state index is 0.647. The van der Waals surface area contributed by atoms with Gasteiger partial charge in [0.2, 0.25) is 0 Å². The first-order chi connectivity index (χ1) is 9.56. The fraction of sp³-hybridized carbons (Fsp3) is 0.667. The van der Waals surface area contributed by atoms with Crippen molar-refractivity contribution in [1.82, 2.24) is 9.80 Å². The third kappa shape index (κ3) is 3.24. The quantitative estimate of drug-likeness (QED) is 0.832. The van der Waals surface area contributed by atoms with E-state index in [-0.39, 0.29) is 0 Å². The zero-order valence-corrected chi connectivity index (χ0v) is 13.8. The Morgan fingerprint density at radius 1 is 1.10 bits per heavy atom. The molecule has 0 amide bonds. The highest BCUT2D eigenvalue weighted by molar-refractivity contribution is 5.22. The summed E-state index contributed by atoms with van der Waals surface area (Å²) in [5, 5.41) is 0. The maximum atomic E-state index is 2.59. The SMILES string of the molecule is CC.Cc1cccc(CN2CC3(C2)CN(C(C)C)C3)c1. The minimum absolute atomic E-state index is 0.647. The lowest BCUT2D eigenvalue weighted by Gasteiger charge is -2.61. The average Bonchev–Trinajstić information content (AvgIpc) is 2.32. The Kier molecular flexibility index (Phi) is 4.87. The molecule has 0 aliphatic carbocycles. The van der Waals surface area contributed by atoms with Gasteiger partial charge < -0.3 is 0 Å². The number of rotatable bonds is 3. The predicted molar refractivity (Wildman–Crippen MR) is 86.9 cm³/mol. The van der Waals surface area contributed by atoms with Crippen molar-refractivity contribution in [2.75, 3.05) is 26.2 Å². The van der Waals surface area contributed by atoms with Crippen LogP contribution < -0.4 is 0 Å². The third-order valence-corrected chi connectivity index (χ3v) is 4.41. The lowest BCUT2D eigenvalue weighted by atomic mass is 9.72. The summed E-state index contributed by atoms with van der Waals surface area (Å²) in [5.41, 5.74) is 3.48. The Morgan fingerprint density at radius 3 is 2.30 bits per heavy atom. The smallest absolute Gasteiger partial charge is 0.0234 e. The van der Waals surface area contributed by atoms with E-state index < -0.39 is 0 Å². The molecule has 0 atom stereocenters. The van der Waals surface area contributed by atoms with Gasteiger partial charge in [-0.1, -0.05) is 43.7 Å². The van der Waals surface area contributed by atoms with E-state index in [4.69, 9.17) is 0 Å². The predicted octanol–water partition coefficient (Wildman–Crippen LogP) is 3.55. The topological polar surface area (TPSA) is 6.48 Å². The lowest BCUT2D eigenvalue weighted by Crippen LogP contribution is -2.72. The number of hydrogen-bond donors (Lipinski definition) is 0. The van der Waals surface area contributed by atoms with Crippen molar-refractivity contribution in [2.45, 2.75) is 47.2 Å². The number of benzene rings is 1. The van der Waals surface area contributed by atoms with Crippen LogP contribution in [0.5, 0.6) is 0 Å². The van der Waals surface area contributed by atoms with Gasteiger partial charge in [-0.25, -0.2) is 0 Å². The van der Waals surface area contributed by atoms with Crippen LogP contribution in [0.3, 0.4) is 0 Å². The van der Waals surface area contributed by atoms with Crippen molar-refractivity contribution in [2.24, 2.45) is 5.41 Å². The van der Waals surface area contributed by atoms with E-state index in [0.29, 0.717) is 5.41 Å². The van der Waals surface area contributed by atoms with Crippen molar-refractivity contribution in [3.8, 4) is 0 Å². The Labute approximate surface area is 124 Å². The highest BCUT2D eigenvalue weighted by Crippen LogP contribution is 2.40. The second-order valence-corrected chi connectivity index (χ2v) is 6.63. The number of nitrogens with zero attached hydrogens (tertiary/aromatic N) is 2. The summed E-state index contributed by atoms with van der Waals surface area (Å²) >= 11 is 0. The molecular formula is C18H30N2. The molecule has 112 valence electrons. The zero-order chi connectivity index (χ0) is 14.8. The van der Waals surface area contributed by atoms with Crippen LogP contribution in [0.2, 0.25) is 0 Å². The van der Waals surface area contributed by atoms with Crippen LogP contribution in [0, 0.1) is 12.3 Å². The van der Waals surface area contributed by atoms with Gasteiger partial charge in [0.05, 0.1) is 0 Å². The maximum Gasteiger partial charge on any atom is 0.0234 e. The second kappa shape index (κ2) is 6.28. The van der Waals surface area contributed by atoms with E-state index in [0.717, 1.165) is 12.6 Å². The van der Waals surface area contributed by atoms with Crippen molar-refractivity contribution < 1.29 is 0 Å². The van der Waals surface area contributed by atoms with Crippen molar-refractivity contribution in [1.29, 1.82) is 0 Å². The molecule has 2 aliphatic heterocycles. The molecule has 0 saturated carbocycles. The zero-order valence-electron chi connectivity index (χ0n) is 13.8. The molecule has 2 nitrogen and oxygen atoms in total. The van der Waals surface area contributed by atoms with Crippen LogP contribution in [0.1, 0.15) is 38.8 Å². The molecule has 20 heavy (non-hydrogen) atoms. The van der Waals surface area contributed by atoms with Gasteiger partial charge in [-0.05, 0) is 26.3 Å². The first-order valence-corrected chi connectivity index (χ1v) is 8.08. The fourth-order valence-electron chi connectivity index (χ4n) is 3.46. The maximum absolute atomic E-state index is 2.59. The molecule has 2 aliphatic rings. The fourth-order valence-corrected chi connectivity index (χ4v) is 3.46. The van der Waals surface area contributed by atoms with Gasteiger partial charge in [-0.15, -0.1) is 0 Å². The van der Waals surface area contributed by atoms with Gasteiger partial charge in [-0.2, -0.15) is 0 Å². The van der Waals surface area contributed by atoms with Crippen LogP contribution in [-0.4, -0.2) is 42.0 Å². The molecule has 3 rings (SSSR count). The molecule has 1 spiro atoms. The summed E-state index contributed by atoms with van der Waals surface area (Å²) in [4.78, 5) is 5.18. The molecule has 0 aromatic heterocycles. The molecule has 0 N–H and O–H groups in total. The highest BCUT2D eigenvalue weighted by Gasteiger charge is 2.51. The van der Waals surface area contributed by atoms with E-state index in [1.807, 2.05) is 13.8 Å². The van der Waals surface area contributed by atoms with Gasteiger partial charge in [-0.3, -0.25) is 9.80 Å². The Bertz CT molecular complexity index is 425. The summed E-state index contributed by atoms with van der Waals surface area (Å²) in [6, 6.07) is 9.63. The number of aryl methyl sites for hydroxylation is 1. The van der Waals surface area contributed by atoms with Crippen LogP contribution >= 0.6 is 0 Å². The molecule has 2 fully saturated rings. The van der Waals surface area contributed by atoms with Gasteiger partial charge in [0.15, 0.2) is 0 Å². The molecule has 1 aromatic carbocycles. The average molecular weight is 274 g/mol. The molecule has 0 bridgehead atoms. The van der Waals surface area contributed by atoms with Crippen molar-refractivity contribution in [3.05, 3.63) is 35.4 Å². The molecular weight excluding hydrogens is 244 g/mol. The summed E-state index contributed by atoms with van der Waals surface area (Å²) in [6.07, 6.45) is 0. The molecule has 0 unspecified atom stereocenters. The van der Waals surface area contributed by atoms with Crippen LogP contribution in [0.4, 0.5) is 0 Å². The van der Waals surface area contributed by atoms with Crippen molar-refractivity contribution in [3.63, 3.8) is 0 Å². The second-order valence-electron chi connectivity index (χ2n) is 6.63. The number of likely N-dealkylation sites (tertiary alicyclic amines) is 2. The van der Waals surface area contributed by atoms with Crippen LogP contribution in [0.15, 0.2) is 24.3 Å². The summed E-state index contributed by atoms with van der Waals surface area (Å²) in [5.74, 6) is 0. The van der Waals surface area contributed by atoms with E-state index in [9.17, 15) is 0 Å². The van der Waals surface area contributed by atoms with E-state index in [2.05, 4.69) is 54.8 Å². The van der Waals surface area contributed by atoms with E-state index in [1.165, 1.54) is 37.3 Å². The van der Waals surface area contributed by atoms with Gasteiger partial charge in [0.25, 0.3) is 0 Å². The standard InChI is InChI=1S/C16H24N2.C2H6/c1-13(2)18-11-16(12-18)9-17(10-16)8-15-6-4-5-14(3)7-15;1-2/h4-7,13H,8-12H2,1-3H3;1-2H3. The number of hydrogen-bond acceptors (Lipinski definition) is 2. The largest absolute Gasteiger partial charge is 0.300 e. The highest BCUT2D eigenvalue weighted by atomic mass is 15.3. The molecule has 2 saturated heterocycles. The molecule has 2 heteroatoms. The summed E-state index contributed by atoms with van der Waals surface area (Å²) in [7, 11) is 0. The van der Waals surface area contributed by atoms with Crippen LogP contribution in [-0.2, 0) is 6.54 Å². The Balaban J connectivity index is 0.000000704. The van der Waals surface area contributed by atoms with E-state index >= 15 is 0 Å². The monoisotopic (exact) mass is 274 g/mol. The molecule has 0 radical (unpaired) electrons. The molecule has 2 heterocycles. The Morgan fingerprint density at radius 2 is 1.75 bits per heavy atom. The summed E-state index contributed by atoms with van der Waals surface area (Å²) in [6.45, 7) is 17.1. The summed E-state index contributed by atoms with van der Waals surface area (Å²) < 4.78 is 0. The van der Waals surface area contributed by atoms with Gasteiger partial charge in [0, 0.05) is 44.2 Å². The van der Waals surface area contributed by atoms with Gasteiger partial charge in [0.1, 0.15) is 0 Å². The Hall–Kier alpha value is -0.860. The lowest BCUT2D eigenvalue weighted by molar-refractivity contribution is -0.128. The third-order valence-electron chi connectivity index (χ3n) is 4.41. The van der Waals surface area contributed by atoms with Gasteiger partial charge >= 0.3 is 0 Å². The van der Waals surface area contributed by atoms with E-state index in [1.54, 1.807) is 0 Å². The molecule has 1 aromatic rings. The first-order valence-electron chi connectivity index (χ1n) is 8.08. The minimum Gasteiger partial charge on any atom is -0.300 e. The van der Waals surface area contributed by atoms with Crippen LogP contribution in [0.25, 0.3) is 0 Å².